The van der Waals surface area contributed by atoms with E-state index in [0.29, 0.717) is 28.6 Å². The Labute approximate surface area is 108 Å². The Bertz CT molecular complexity index is 542. The Balaban J connectivity index is 2.13. The van der Waals surface area contributed by atoms with Gasteiger partial charge in [0.25, 0.3) is 5.91 Å². The van der Waals surface area contributed by atoms with Crippen LogP contribution in [0.4, 0.5) is 10.7 Å². The Morgan fingerprint density at radius 1 is 1.56 bits per heavy atom. The third kappa shape index (κ3) is 2.75. The van der Waals surface area contributed by atoms with E-state index in [-0.39, 0.29) is 5.91 Å². The number of nitrogen functional groups attached to an aromatic ring is 1. The first-order valence-electron chi connectivity index (χ1n) is 5.31. The van der Waals surface area contributed by atoms with Crippen molar-refractivity contribution in [2.24, 2.45) is 0 Å². The first kappa shape index (κ1) is 12.3. The number of amides is 1. The smallest absolute Gasteiger partial charge is 0.256 e. The highest BCUT2D eigenvalue weighted by molar-refractivity contribution is 7.10. The summed E-state index contributed by atoms with van der Waals surface area (Å²) in [6.07, 6.45) is 1.49. The third-order valence-corrected chi connectivity index (χ3v) is 2.75. The number of aromatic nitrogens is 2. The molecule has 0 saturated carbocycles. The second kappa shape index (κ2) is 5.46. The van der Waals surface area contributed by atoms with Crippen molar-refractivity contribution in [3.63, 3.8) is 0 Å². The molecule has 0 fully saturated rings. The largest absolute Gasteiger partial charge is 0.492 e. The first-order valence-corrected chi connectivity index (χ1v) is 6.09. The van der Waals surface area contributed by atoms with Crippen LogP contribution in [-0.4, -0.2) is 22.1 Å². The highest BCUT2D eigenvalue weighted by Gasteiger charge is 2.10. The van der Waals surface area contributed by atoms with Gasteiger partial charge in [-0.05, 0) is 25.1 Å². The molecular formula is C11H12N4O2S. The fourth-order valence-electron chi connectivity index (χ4n) is 1.38. The molecule has 0 spiro atoms. The van der Waals surface area contributed by atoms with Gasteiger partial charge in [-0.25, -0.2) is 0 Å². The van der Waals surface area contributed by atoms with Gasteiger partial charge in [-0.1, -0.05) is 4.49 Å². The number of nitrogens with zero attached hydrogens (tertiary/aromatic N) is 2. The zero-order valence-corrected chi connectivity index (χ0v) is 10.5. The molecule has 3 N–H and O–H groups in total. The monoisotopic (exact) mass is 264 g/mol. The van der Waals surface area contributed by atoms with Crippen molar-refractivity contribution in [2.75, 3.05) is 17.7 Å². The standard InChI is InChI=1S/C11H12N4O2S/c1-2-17-9-4-3-7(5-8(9)12)11(16)14-10-6-13-15-18-10/h3-6H,2,12H2,1H3,(H,14,16). The van der Waals surface area contributed by atoms with Crippen molar-refractivity contribution < 1.29 is 9.53 Å². The van der Waals surface area contributed by atoms with Crippen LogP contribution in [0, 0.1) is 0 Å². The molecule has 0 atom stereocenters. The Morgan fingerprint density at radius 2 is 2.39 bits per heavy atom. The fraction of sp³-hybridized carbons (Fsp3) is 0.182. The van der Waals surface area contributed by atoms with Crippen molar-refractivity contribution in [3.8, 4) is 5.75 Å². The number of nitrogens with two attached hydrogens (primary N) is 1. The van der Waals surface area contributed by atoms with E-state index >= 15 is 0 Å². The molecule has 0 unspecified atom stereocenters. The van der Waals surface area contributed by atoms with Gasteiger partial charge in [0.15, 0.2) is 0 Å². The molecule has 6 nitrogen and oxygen atoms in total. The lowest BCUT2D eigenvalue weighted by Crippen LogP contribution is -2.11. The van der Waals surface area contributed by atoms with Gasteiger partial charge in [0.2, 0.25) is 0 Å². The summed E-state index contributed by atoms with van der Waals surface area (Å²) in [7, 11) is 0. The van der Waals surface area contributed by atoms with Crippen molar-refractivity contribution in [1.82, 2.24) is 9.59 Å². The van der Waals surface area contributed by atoms with Crippen LogP contribution in [0.25, 0.3) is 0 Å². The minimum atomic E-state index is -0.254. The molecule has 0 aliphatic heterocycles. The number of carbonyl (C=O) groups is 1. The summed E-state index contributed by atoms with van der Waals surface area (Å²) in [6.45, 7) is 2.40. The lowest BCUT2D eigenvalue weighted by atomic mass is 10.2. The van der Waals surface area contributed by atoms with Crippen LogP contribution in [-0.2, 0) is 0 Å². The number of hydrogen-bond donors (Lipinski definition) is 2. The summed E-state index contributed by atoms with van der Waals surface area (Å²) in [5, 5.41) is 6.90. The molecule has 1 heterocycles. The molecular weight excluding hydrogens is 252 g/mol. The van der Waals surface area contributed by atoms with Crippen molar-refractivity contribution in [3.05, 3.63) is 30.0 Å². The van der Waals surface area contributed by atoms with E-state index in [9.17, 15) is 4.79 Å². The number of rotatable bonds is 4. The average Bonchev–Trinajstić information content (AvgIpc) is 2.84. The highest BCUT2D eigenvalue weighted by Crippen LogP contribution is 2.23. The number of nitrogens with one attached hydrogen (secondary N) is 1. The predicted octanol–water partition coefficient (Wildman–Crippen LogP) is 1.77. The summed E-state index contributed by atoms with van der Waals surface area (Å²) in [5.74, 6) is 0.323. The number of benzene rings is 1. The Kier molecular flexibility index (Phi) is 3.73. The lowest BCUT2D eigenvalue weighted by molar-refractivity contribution is 0.102. The quantitative estimate of drug-likeness (QED) is 0.821. The minimum absolute atomic E-state index is 0.254. The van der Waals surface area contributed by atoms with Crippen LogP contribution in [0.1, 0.15) is 17.3 Å². The van der Waals surface area contributed by atoms with Crippen molar-refractivity contribution in [1.29, 1.82) is 0 Å². The molecule has 1 amide bonds. The molecule has 1 aromatic carbocycles. The van der Waals surface area contributed by atoms with Gasteiger partial charge in [-0.3, -0.25) is 4.79 Å². The summed E-state index contributed by atoms with van der Waals surface area (Å²) < 4.78 is 8.96. The van der Waals surface area contributed by atoms with Crippen LogP contribution < -0.4 is 15.8 Å². The second-order valence-electron chi connectivity index (χ2n) is 3.42. The fourth-order valence-corrected chi connectivity index (χ4v) is 1.80. The van der Waals surface area contributed by atoms with E-state index in [4.69, 9.17) is 10.5 Å². The molecule has 1 aromatic heterocycles. The van der Waals surface area contributed by atoms with E-state index in [0.717, 1.165) is 11.5 Å². The predicted molar refractivity (Wildman–Crippen MR) is 69.9 cm³/mol. The number of ether oxygens (including phenoxy) is 1. The average molecular weight is 264 g/mol. The van der Waals surface area contributed by atoms with E-state index in [1.54, 1.807) is 18.2 Å². The SMILES string of the molecule is CCOc1ccc(C(=O)Nc2cnns2)cc1N. The molecule has 18 heavy (non-hydrogen) atoms. The van der Waals surface area contributed by atoms with Gasteiger partial charge in [0.05, 0.1) is 18.5 Å². The van der Waals surface area contributed by atoms with E-state index in [1.165, 1.54) is 6.20 Å². The number of carbonyl (C=O) groups excluding carboxylic acids is 1. The van der Waals surface area contributed by atoms with E-state index in [2.05, 4.69) is 14.9 Å². The van der Waals surface area contributed by atoms with Crippen LogP contribution in [0.3, 0.4) is 0 Å². The van der Waals surface area contributed by atoms with E-state index < -0.39 is 0 Å². The molecule has 0 bridgehead atoms. The van der Waals surface area contributed by atoms with Crippen molar-refractivity contribution >= 4 is 28.1 Å². The molecule has 0 radical (unpaired) electrons. The molecule has 7 heteroatoms. The molecule has 94 valence electrons. The number of hydrogen-bond acceptors (Lipinski definition) is 6. The van der Waals surface area contributed by atoms with Gasteiger partial charge in [0, 0.05) is 17.1 Å². The minimum Gasteiger partial charge on any atom is -0.492 e. The molecule has 0 saturated heterocycles. The van der Waals surface area contributed by atoms with Gasteiger partial charge < -0.3 is 15.8 Å². The molecule has 2 rings (SSSR count). The lowest BCUT2D eigenvalue weighted by Gasteiger charge is -2.08. The zero-order valence-electron chi connectivity index (χ0n) is 9.71. The van der Waals surface area contributed by atoms with Gasteiger partial charge in [-0.15, -0.1) is 5.10 Å². The van der Waals surface area contributed by atoms with Gasteiger partial charge in [0.1, 0.15) is 10.8 Å². The summed E-state index contributed by atoms with van der Waals surface area (Å²) >= 11 is 1.11. The first-order chi connectivity index (χ1) is 8.70. The van der Waals surface area contributed by atoms with Crippen LogP contribution in [0.5, 0.6) is 5.75 Å². The van der Waals surface area contributed by atoms with Gasteiger partial charge >= 0.3 is 0 Å². The zero-order chi connectivity index (χ0) is 13.0. The van der Waals surface area contributed by atoms with Crippen LogP contribution >= 0.6 is 11.5 Å². The molecule has 0 aliphatic rings. The summed E-state index contributed by atoms with van der Waals surface area (Å²) in [6, 6.07) is 4.92. The second-order valence-corrected chi connectivity index (χ2v) is 4.21. The normalized spacial score (nSPS) is 10.1. The van der Waals surface area contributed by atoms with Crippen LogP contribution in [0.15, 0.2) is 24.4 Å². The molecule has 2 aromatic rings. The van der Waals surface area contributed by atoms with Crippen molar-refractivity contribution in [2.45, 2.75) is 6.92 Å². The van der Waals surface area contributed by atoms with Crippen LogP contribution in [0.2, 0.25) is 0 Å². The Hall–Kier alpha value is -2.15. The summed E-state index contributed by atoms with van der Waals surface area (Å²) in [5.41, 5.74) is 6.69. The maximum atomic E-state index is 11.9. The molecule has 0 aliphatic carbocycles. The third-order valence-electron chi connectivity index (χ3n) is 2.17. The Morgan fingerprint density at radius 3 is 3.00 bits per heavy atom. The topological polar surface area (TPSA) is 90.1 Å². The van der Waals surface area contributed by atoms with E-state index in [1.807, 2.05) is 6.92 Å². The maximum Gasteiger partial charge on any atom is 0.256 e. The highest BCUT2D eigenvalue weighted by atomic mass is 32.1. The maximum absolute atomic E-state index is 11.9. The van der Waals surface area contributed by atoms with Gasteiger partial charge in [-0.2, -0.15) is 0 Å². The summed E-state index contributed by atoms with van der Waals surface area (Å²) in [4.78, 5) is 11.9. The number of anilines is 2.